The summed E-state index contributed by atoms with van der Waals surface area (Å²) in [5.41, 5.74) is 1.05. The number of benzene rings is 1. The van der Waals surface area contributed by atoms with Crippen LogP contribution in [0.4, 0.5) is 0 Å². The highest BCUT2D eigenvalue weighted by Gasteiger charge is 2.28. The predicted molar refractivity (Wildman–Crippen MR) is 80.8 cm³/mol. The van der Waals surface area contributed by atoms with Crippen LogP contribution in [-0.2, 0) is 16.0 Å². The molecule has 0 fully saturated rings. The lowest BCUT2D eigenvalue weighted by Gasteiger charge is -1.99. The van der Waals surface area contributed by atoms with E-state index in [9.17, 15) is 4.79 Å². The average Bonchev–Trinajstić information content (AvgIpc) is 3.09. The number of esters is 1. The largest absolute Gasteiger partial charge is 0.406 e. The fourth-order valence-corrected chi connectivity index (χ4v) is 2.70. The van der Waals surface area contributed by atoms with E-state index in [1.807, 2.05) is 53.9 Å². The molecule has 0 bridgehead atoms. The Kier molecular flexibility index (Phi) is 3.74. The zero-order valence-corrected chi connectivity index (χ0v) is 11.5. The summed E-state index contributed by atoms with van der Waals surface area (Å²) in [6.45, 7) is 0. The number of carbonyl (C=O) groups is 1. The Labute approximate surface area is 121 Å². The van der Waals surface area contributed by atoms with Crippen LogP contribution in [0.5, 0.6) is 0 Å². The van der Waals surface area contributed by atoms with E-state index in [4.69, 9.17) is 4.74 Å². The van der Waals surface area contributed by atoms with Crippen LogP contribution in [0.2, 0.25) is 0 Å². The van der Waals surface area contributed by atoms with Gasteiger partial charge in [-0.1, -0.05) is 36.4 Å². The molecule has 1 aliphatic rings. The van der Waals surface area contributed by atoms with Crippen LogP contribution in [0.3, 0.4) is 0 Å². The molecule has 0 saturated carbocycles. The van der Waals surface area contributed by atoms with E-state index < -0.39 is 6.04 Å². The number of thiophene rings is 1. The summed E-state index contributed by atoms with van der Waals surface area (Å²) in [6.07, 6.45) is 4.24. The zero-order valence-electron chi connectivity index (χ0n) is 10.7. The molecular weight excluding hydrogens is 270 g/mol. The van der Waals surface area contributed by atoms with Crippen LogP contribution < -0.4 is 0 Å². The molecule has 4 heteroatoms. The number of nitrogens with zero attached hydrogens (tertiary/aromatic N) is 1. The minimum atomic E-state index is -0.413. The third kappa shape index (κ3) is 3.03. The van der Waals surface area contributed by atoms with E-state index in [0.29, 0.717) is 12.3 Å². The molecule has 0 amide bonds. The van der Waals surface area contributed by atoms with E-state index in [-0.39, 0.29) is 5.97 Å². The van der Waals surface area contributed by atoms with Gasteiger partial charge < -0.3 is 4.74 Å². The first-order valence-corrected chi connectivity index (χ1v) is 7.24. The van der Waals surface area contributed by atoms with Crippen LogP contribution >= 0.6 is 11.3 Å². The first-order valence-electron chi connectivity index (χ1n) is 6.36. The number of rotatable bonds is 4. The van der Waals surface area contributed by atoms with Gasteiger partial charge in [-0.3, -0.25) is 0 Å². The molecule has 3 nitrogen and oxygen atoms in total. The van der Waals surface area contributed by atoms with Crippen molar-refractivity contribution in [3.8, 4) is 0 Å². The minimum absolute atomic E-state index is 0.272. The smallest absolute Gasteiger partial charge is 0.338 e. The van der Waals surface area contributed by atoms with Gasteiger partial charge in [0.05, 0.1) is 0 Å². The van der Waals surface area contributed by atoms with Crippen molar-refractivity contribution in [3.63, 3.8) is 0 Å². The Bertz CT molecular complexity index is 644. The Morgan fingerprint density at radius 3 is 2.75 bits per heavy atom. The topological polar surface area (TPSA) is 38.7 Å². The third-order valence-electron chi connectivity index (χ3n) is 2.95. The molecule has 1 aromatic heterocycles. The molecule has 1 atom stereocenters. The summed E-state index contributed by atoms with van der Waals surface area (Å²) in [5, 5.41) is 2.00. The van der Waals surface area contributed by atoms with Crippen molar-refractivity contribution in [2.75, 3.05) is 0 Å². The van der Waals surface area contributed by atoms with Crippen LogP contribution in [0.15, 0.2) is 58.9 Å². The Morgan fingerprint density at radius 2 is 2.00 bits per heavy atom. The van der Waals surface area contributed by atoms with Crippen molar-refractivity contribution in [1.82, 2.24) is 0 Å². The van der Waals surface area contributed by atoms with Crippen molar-refractivity contribution >= 4 is 29.3 Å². The second-order valence-corrected chi connectivity index (χ2v) is 5.46. The van der Waals surface area contributed by atoms with Crippen LogP contribution in [0, 0.1) is 0 Å². The Hall–Kier alpha value is -2.20. The SMILES string of the molecule is O=C1OC(/C=C/c2ccccc2)=NC1Cc1cccs1. The first kappa shape index (κ1) is 12.8. The molecule has 0 spiro atoms. The predicted octanol–water partition coefficient (Wildman–Crippen LogP) is 3.33. The number of hydrogen-bond acceptors (Lipinski definition) is 4. The van der Waals surface area contributed by atoms with Gasteiger partial charge in [-0.2, -0.15) is 0 Å². The van der Waals surface area contributed by atoms with Gasteiger partial charge in [-0.05, 0) is 23.1 Å². The maximum Gasteiger partial charge on any atom is 0.338 e. The molecule has 2 aromatic rings. The summed E-state index contributed by atoms with van der Waals surface area (Å²) < 4.78 is 5.17. The minimum Gasteiger partial charge on any atom is -0.406 e. The molecule has 0 saturated heterocycles. The molecule has 3 rings (SSSR count). The van der Waals surface area contributed by atoms with E-state index >= 15 is 0 Å². The van der Waals surface area contributed by atoms with Gasteiger partial charge in [-0.15, -0.1) is 11.3 Å². The van der Waals surface area contributed by atoms with Gasteiger partial charge in [0.25, 0.3) is 0 Å². The van der Waals surface area contributed by atoms with Gasteiger partial charge in [0.15, 0.2) is 6.04 Å². The van der Waals surface area contributed by atoms with Crippen molar-refractivity contribution in [2.45, 2.75) is 12.5 Å². The highest BCUT2D eigenvalue weighted by molar-refractivity contribution is 7.09. The first-order chi connectivity index (χ1) is 9.81. The second kappa shape index (κ2) is 5.84. The van der Waals surface area contributed by atoms with Crippen molar-refractivity contribution in [2.24, 2.45) is 4.99 Å². The summed E-state index contributed by atoms with van der Waals surface area (Å²) >= 11 is 1.63. The summed E-state index contributed by atoms with van der Waals surface area (Å²) in [5.74, 6) is 0.117. The fraction of sp³-hybridized carbons (Fsp3) is 0.125. The van der Waals surface area contributed by atoms with Crippen LogP contribution in [-0.4, -0.2) is 17.9 Å². The van der Waals surface area contributed by atoms with E-state index in [2.05, 4.69) is 4.99 Å². The lowest BCUT2D eigenvalue weighted by Crippen LogP contribution is -2.16. The quantitative estimate of drug-likeness (QED) is 0.807. The molecular formula is C16H13NO2S. The van der Waals surface area contributed by atoms with Crippen LogP contribution in [0.1, 0.15) is 10.4 Å². The molecule has 0 radical (unpaired) electrons. The molecule has 1 aromatic carbocycles. The highest BCUT2D eigenvalue weighted by Crippen LogP contribution is 2.17. The van der Waals surface area contributed by atoms with Crippen molar-refractivity contribution in [1.29, 1.82) is 0 Å². The van der Waals surface area contributed by atoms with Crippen molar-refractivity contribution < 1.29 is 9.53 Å². The molecule has 1 unspecified atom stereocenters. The highest BCUT2D eigenvalue weighted by atomic mass is 32.1. The van der Waals surface area contributed by atoms with Gasteiger partial charge in [-0.25, -0.2) is 9.79 Å². The Balaban J connectivity index is 1.69. The summed E-state index contributed by atoms with van der Waals surface area (Å²) in [6, 6.07) is 13.4. The van der Waals surface area contributed by atoms with Gasteiger partial charge in [0.1, 0.15) is 0 Å². The zero-order chi connectivity index (χ0) is 13.8. The maximum absolute atomic E-state index is 11.8. The number of carbonyl (C=O) groups excluding carboxylic acids is 1. The molecule has 20 heavy (non-hydrogen) atoms. The van der Waals surface area contributed by atoms with Crippen molar-refractivity contribution in [3.05, 3.63) is 64.4 Å². The third-order valence-corrected chi connectivity index (χ3v) is 3.85. The second-order valence-electron chi connectivity index (χ2n) is 4.43. The maximum atomic E-state index is 11.8. The number of ether oxygens (including phenoxy) is 1. The van der Waals surface area contributed by atoms with Crippen LogP contribution in [0.25, 0.3) is 6.08 Å². The standard InChI is InChI=1S/C16H13NO2S/c18-16-14(11-13-7-4-10-20-13)17-15(19-16)9-8-12-5-2-1-3-6-12/h1-10,14H,11H2/b9-8+. The normalized spacial score (nSPS) is 18.3. The molecule has 0 aliphatic carbocycles. The Morgan fingerprint density at radius 1 is 1.15 bits per heavy atom. The van der Waals surface area contributed by atoms with E-state index in [1.54, 1.807) is 17.4 Å². The number of aliphatic imine (C=N–C) groups is 1. The monoisotopic (exact) mass is 283 g/mol. The summed E-state index contributed by atoms with van der Waals surface area (Å²) in [4.78, 5) is 17.2. The molecule has 1 aliphatic heterocycles. The lowest BCUT2D eigenvalue weighted by atomic mass is 10.2. The molecule has 100 valence electrons. The van der Waals surface area contributed by atoms with Gasteiger partial charge in [0, 0.05) is 17.4 Å². The molecule has 0 N–H and O–H groups in total. The van der Waals surface area contributed by atoms with E-state index in [0.717, 1.165) is 10.4 Å². The average molecular weight is 283 g/mol. The van der Waals surface area contributed by atoms with Gasteiger partial charge >= 0.3 is 5.97 Å². The number of hydrogen-bond donors (Lipinski definition) is 0. The summed E-state index contributed by atoms with van der Waals surface area (Å²) in [7, 11) is 0. The number of cyclic esters (lactones) is 1. The molecule has 2 heterocycles. The van der Waals surface area contributed by atoms with Gasteiger partial charge in [0.2, 0.25) is 5.90 Å². The lowest BCUT2D eigenvalue weighted by molar-refractivity contribution is -0.134. The van der Waals surface area contributed by atoms with E-state index in [1.165, 1.54) is 0 Å². The fourth-order valence-electron chi connectivity index (χ4n) is 1.96.